The number of hydrogen-bond acceptors (Lipinski definition) is 2. The Kier molecular flexibility index (Phi) is 27.5. The molecule has 0 amide bonds. The largest absolute Gasteiger partial charge is 0.481 e. The molecule has 0 rings (SSSR count). The molecule has 0 saturated carbocycles. The normalized spacial score (nSPS) is 11.2. The fourth-order valence-corrected chi connectivity index (χ4v) is 6.95. The average molecular weight is 461 g/mol. The highest BCUT2D eigenvalue weighted by Gasteiger charge is 2.20. The third-order valence-corrected chi connectivity index (χ3v) is 9.45. The first-order valence-electron chi connectivity index (χ1n) is 13.7. The molecule has 0 aromatic carbocycles. The summed E-state index contributed by atoms with van der Waals surface area (Å²) in [6.45, 7) is 8.42. The monoisotopic (exact) mass is 460 g/mol. The molecule has 0 radical (unpaired) electrons. The highest BCUT2D eigenvalue weighted by molar-refractivity contribution is 7.63. The van der Waals surface area contributed by atoms with Crippen molar-refractivity contribution in [2.45, 2.75) is 150 Å². The Hall–Kier alpha value is -0.300. The summed E-state index contributed by atoms with van der Waals surface area (Å²) in [6, 6.07) is 0. The zero-order valence-electron chi connectivity index (χ0n) is 21.8. The molecule has 0 aliphatic carbocycles. The molecule has 0 aliphatic heterocycles. The van der Waals surface area contributed by atoms with Gasteiger partial charge in [0.25, 0.3) is 0 Å². The molecule has 3 nitrogen and oxygen atoms in total. The van der Waals surface area contributed by atoms with E-state index < -0.39 is 13.1 Å². The van der Waals surface area contributed by atoms with Crippen molar-refractivity contribution < 1.29 is 14.5 Å². The minimum atomic E-state index is -1.89. The Bertz CT molecular complexity index is 362. The summed E-state index contributed by atoms with van der Waals surface area (Å²) < 4.78 is 13.5. The van der Waals surface area contributed by atoms with Crippen LogP contribution in [-0.2, 0) is 9.36 Å². The van der Waals surface area contributed by atoms with E-state index in [2.05, 4.69) is 20.8 Å². The van der Waals surface area contributed by atoms with E-state index in [9.17, 15) is 9.36 Å². The number of carbonyl (C=O) groups is 1. The van der Waals surface area contributed by atoms with Gasteiger partial charge in [0.05, 0.1) is 7.14 Å². The lowest BCUT2D eigenvalue weighted by atomic mass is 10.1. The quantitative estimate of drug-likeness (QED) is 0.129. The maximum Gasteiger partial charge on any atom is 0.303 e. The van der Waals surface area contributed by atoms with Gasteiger partial charge in [-0.25, -0.2) is 0 Å². The van der Waals surface area contributed by atoms with Crippen molar-refractivity contribution in [3.05, 3.63) is 0 Å². The number of unbranched alkanes of at least 4 members (excludes halogenated alkanes) is 15. The molecule has 0 aromatic rings. The Labute approximate surface area is 195 Å². The summed E-state index contributed by atoms with van der Waals surface area (Å²) in [5.74, 6) is -0.745. The molecular weight excluding hydrogens is 403 g/mol. The lowest BCUT2D eigenvalue weighted by Crippen LogP contribution is -2.02. The van der Waals surface area contributed by atoms with Gasteiger partial charge in [-0.05, 0) is 19.3 Å². The maximum absolute atomic E-state index is 13.5. The van der Waals surface area contributed by atoms with Crippen LogP contribution < -0.4 is 0 Å². The van der Waals surface area contributed by atoms with Gasteiger partial charge < -0.3 is 9.67 Å². The van der Waals surface area contributed by atoms with Crippen LogP contribution in [0, 0.1) is 0 Å². The lowest BCUT2D eigenvalue weighted by molar-refractivity contribution is -0.136. The highest BCUT2D eigenvalue weighted by atomic mass is 31.2. The van der Waals surface area contributed by atoms with Gasteiger partial charge in [-0.2, -0.15) is 0 Å². The van der Waals surface area contributed by atoms with Crippen LogP contribution in [0.1, 0.15) is 150 Å². The Balaban J connectivity index is 0. The van der Waals surface area contributed by atoms with Crippen molar-refractivity contribution >= 4 is 13.1 Å². The average Bonchev–Trinajstić information content (AvgIpc) is 2.76. The van der Waals surface area contributed by atoms with Gasteiger partial charge in [0.1, 0.15) is 0 Å². The van der Waals surface area contributed by atoms with Gasteiger partial charge in [-0.3, -0.25) is 4.79 Å². The molecule has 0 aromatic heterocycles. The first kappa shape index (κ1) is 32.9. The molecule has 0 bridgehead atoms. The third-order valence-electron chi connectivity index (χ3n) is 6.06. The second-order valence-electron chi connectivity index (χ2n) is 9.28. The maximum atomic E-state index is 13.5. The van der Waals surface area contributed by atoms with Gasteiger partial charge >= 0.3 is 5.97 Å². The number of aliphatic carboxylic acids is 1. The van der Waals surface area contributed by atoms with E-state index in [1.807, 2.05) is 0 Å². The fraction of sp³-hybridized carbons (Fsp3) is 0.963. The smallest absolute Gasteiger partial charge is 0.303 e. The second-order valence-corrected chi connectivity index (χ2v) is 12.7. The van der Waals surface area contributed by atoms with Crippen LogP contribution in [0.5, 0.6) is 0 Å². The minimum absolute atomic E-state index is 0.222. The van der Waals surface area contributed by atoms with Crippen molar-refractivity contribution in [3.8, 4) is 0 Å². The highest BCUT2D eigenvalue weighted by Crippen LogP contribution is 2.48. The molecule has 0 heterocycles. The van der Waals surface area contributed by atoms with E-state index in [1.165, 1.54) is 116 Å². The van der Waals surface area contributed by atoms with Crippen LogP contribution in [0.15, 0.2) is 0 Å². The van der Waals surface area contributed by atoms with Crippen LogP contribution in [0.4, 0.5) is 0 Å². The number of carboxylic acids is 1. The minimum Gasteiger partial charge on any atom is -0.481 e. The van der Waals surface area contributed by atoms with Crippen LogP contribution >= 0.6 is 7.14 Å². The summed E-state index contributed by atoms with van der Waals surface area (Å²) in [4.78, 5) is 9.37. The van der Waals surface area contributed by atoms with Crippen LogP contribution in [-0.4, -0.2) is 29.6 Å². The van der Waals surface area contributed by atoms with Gasteiger partial charge in [-0.15, -0.1) is 0 Å². The van der Waals surface area contributed by atoms with Crippen LogP contribution in [0.2, 0.25) is 0 Å². The van der Waals surface area contributed by atoms with Gasteiger partial charge in [0, 0.05) is 24.9 Å². The van der Waals surface area contributed by atoms with Gasteiger partial charge in [-0.1, -0.05) is 124 Å². The van der Waals surface area contributed by atoms with E-state index >= 15 is 0 Å². The summed E-state index contributed by atoms with van der Waals surface area (Å²) >= 11 is 0. The molecule has 0 spiro atoms. The van der Waals surface area contributed by atoms with E-state index in [0.717, 1.165) is 18.5 Å². The standard InChI is InChI=1S/C24H51OP.C3H6O2/c1-4-7-10-13-16-19-22-26(25,23-20-17-14-11-8-5-2)24-21-18-15-12-9-6-3;1-2-3(4)5/h4-24H2,1-3H3;2H2,1H3,(H,4,5). The second kappa shape index (κ2) is 26.0. The molecule has 0 aliphatic rings. The van der Waals surface area contributed by atoms with Crippen molar-refractivity contribution in [2.75, 3.05) is 18.5 Å². The number of carboxylic acid groups (broad SMARTS) is 1. The molecule has 0 atom stereocenters. The SMILES string of the molecule is CCC(=O)O.CCCCCCCCP(=O)(CCCCCCCC)CCCCCCCC. The van der Waals surface area contributed by atoms with Gasteiger partial charge in [0.15, 0.2) is 0 Å². The molecule has 4 heteroatoms. The lowest BCUT2D eigenvalue weighted by Gasteiger charge is -2.18. The molecule has 0 fully saturated rings. The molecule has 31 heavy (non-hydrogen) atoms. The molecule has 1 N–H and O–H groups in total. The number of hydrogen-bond donors (Lipinski definition) is 1. The van der Waals surface area contributed by atoms with Crippen LogP contribution in [0.3, 0.4) is 0 Å². The molecule has 188 valence electrons. The van der Waals surface area contributed by atoms with Crippen molar-refractivity contribution in [1.82, 2.24) is 0 Å². The summed E-state index contributed by atoms with van der Waals surface area (Å²) in [7, 11) is -1.89. The van der Waals surface area contributed by atoms with E-state index in [4.69, 9.17) is 5.11 Å². The van der Waals surface area contributed by atoms with Crippen molar-refractivity contribution in [2.24, 2.45) is 0 Å². The third kappa shape index (κ3) is 27.7. The zero-order valence-corrected chi connectivity index (χ0v) is 22.7. The van der Waals surface area contributed by atoms with Crippen molar-refractivity contribution in [3.63, 3.8) is 0 Å². The predicted octanol–water partition coefficient (Wildman–Crippen LogP) is 9.91. The molecule has 0 unspecified atom stereocenters. The van der Waals surface area contributed by atoms with Gasteiger partial charge in [0.2, 0.25) is 0 Å². The topological polar surface area (TPSA) is 54.4 Å². The Morgan fingerprint density at radius 1 is 0.516 bits per heavy atom. The van der Waals surface area contributed by atoms with E-state index in [-0.39, 0.29) is 6.42 Å². The van der Waals surface area contributed by atoms with Crippen LogP contribution in [0.25, 0.3) is 0 Å². The summed E-state index contributed by atoms with van der Waals surface area (Å²) in [6.07, 6.45) is 27.1. The van der Waals surface area contributed by atoms with E-state index in [1.54, 1.807) is 6.92 Å². The molecular formula is C27H57O3P. The predicted molar refractivity (Wildman–Crippen MR) is 140 cm³/mol. The molecule has 0 saturated heterocycles. The first-order chi connectivity index (χ1) is 15.0. The fourth-order valence-electron chi connectivity index (χ4n) is 3.88. The van der Waals surface area contributed by atoms with E-state index in [0.29, 0.717) is 0 Å². The summed E-state index contributed by atoms with van der Waals surface area (Å²) in [5.41, 5.74) is 0. The number of rotatable bonds is 22. The Morgan fingerprint density at radius 2 is 0.742 bits per heavy atom. The van der Waals surface area contributed by atoms with Crippen molar-refractivity contribution in [1.29, 1.82) is 0 Å². The zero-order chi connectivity index (χ0) is 23.6. The summed E-state index contributed by atoms with van der Waals surface area (Å²) in [5, 5.41) is 7.72. The first-order valence-corrected chi connectivity index (χ1v) is 16.0. The Morgan fingerprint density at radius 3 is 0.968 bits per heavy atom.